The third kappa shape index (κ3) is 5.16. The predicted molar refractivity (Wildman–Crippen MR) is 51.2 cm³/mol. The molecular weight excluding hydrogens is 176 g/mol. The summed E-state index contributed by atoms with van der Waals surface area (Å²) >= 11 is 5.29. The van der Waals surface area contributed by atoms with Gasteiger partial charge in [0, 0.05) is 25.7 Å². The number of nitrogens with zero attached hydrogens (tertiary/aromatic N) is 1. The highest BCUT2D eigenvalue weighted by atomic mass is 35.5. The first-order valence-corrected chi connectivity index (χ1v) is 4.36. The lowest BCUT2D eigenvalue weighted by molar-refractivity contribution is -0.128. The van der Waals surface area contributed by atoms with Crippen molar-refractivity contribution in [2.24, 2.45) is 0 Å². The lowest BCUT2D eigenvalue weighted by atomic mass is 10.5. The highest BCUT2D eigenvalue weighted by Crippen LogP contribution is 1.81. The normalized spacial score (nSPS) is 10.6. The van der Waals surface area contributed by atoms with Crippen LogP contribution in [0.25, 0.3) is 0 Å². The van der Waals surface area contributed by atoms with Crippen LogP contribution in [0, 0.1) is 0 Å². The Balaban J connectivity index is 3.43. The maximum atomic E-state index is 11.1. The lowest BCUT2D eigenvalue weighted by Crippen LogP contribution is -2.35. The molecule has 0 radical (unpaired) electrons. The lowest BCUT2D eigenvalue weighted by Gasteiger charge is -2.13. The van der Waals surface area contributed by atoms with E-state index in [0.29, 0.717) is 13.1 Å². The van der Waals surface area contributed by atoms with Crippen molar-refractivity contribution in [1.29, 1.82) is 0 Å². The van der Waals surface area contributed by atoms with Crippen LogP contribution in [0.3, 0.4) is 0 Å². The highest BCUT2D eigenvalue weighted by molar-refractivity contribution is 6.25. The Bertz CT molecular complexity index is 159. The molecule has 0 aliphatic heterocycles. The third-order valence-electron chi connectivity index (χ3n) is 1.53. The summed E-state index contributed by atoms with van der Waals surface area (Å²) in [5.41, 5.74) is 1.43. The van der Waals surface area contributed by atoms with Crippen molar-refractivity contribution in [3.8, 4) is 0 Å². The number of hydrogen-bond acceptors (Lipinski definition) is 2. The molecule has 4 heteroatoms. The Kier molecular flexibility index (Phi) is 6.81. The van der Waals surface area contributed by atoms with Gasteiger partial charge >= 0.3 is 0 Å². The van der Waals surface area contributed by atoms with Gasteiger partial charge in [-0.05, 0) is 6.92 Å². The van der Waals surface area contributed by atoms with Gasteiger partial charge in [-0.15, -0.1) is 0 Å². The van der Waals surface area contributed by atoms with Crippen LogP contribution >= 0.6 is 11.6 Å². The van der Waals surface area contributed by atoms with Crippen LogP contribution in [0.1, 0.15) is 6.92 Å². The van der Waals surface area contributed by atoms with Gasteiger partial charge in [0.15, 0.2) is 0 Å². The van der Waals surface area contributed by atoms with Gasteiger partial charge in [0.2, 0.25) is 5.91 Å². The fourth-order valence-corrected chi connectivity index (χ4v) is 0.707. The fraction of sp³-hybridized carbons (Fsp3) is 0.625. The first-order valence-electron chi connectivity index (χ1n) is 3.92. The molecule has 0 aromatic heterocycles. The zero-order valence-corrected chi connectivity index (χ0v) is 8.27. The minimum Gasteiger partial charge on any atom is -0.345 e. The van der Waals surface area contributed by atoms with Crippen LogP contribution in [-0.4, -0.2) is 37.5 Å². The molecule has 12 heavy (non-hydrogen) atoms. The Labute approximate surface area is 78.4 Å². The molecule has 0 rings (SSSR count). The largest absolute Gasteiger partial charge is 0.345 e. The summed E-state index contributed by atoms with van der Waals surface area (Å²) in [6.07, 6.45) is 1.75. The second kappa shape index (κ2) is 7.13. The average Bonchev–Trinajstić information content (AvgIpc) is 2.10. The molecule has 0 saturated carbocycles. The van der Waals surface area contributed by atoms with Crippen LogP contribution in [0.5, 0.6) is 0 Å². The van der Waals surface area contributed by atoms with Gasteiger partial charge in [-0.25, -0.2) is 0 Å². The zero-order valence-electron chi connectivity index (χ0n) is 7.51. The number of rotatable bonds is 5. The minimum atomic E-state index is 0.0977. The number of carbonyl (C=O) groups is 1. The van der Waals surface area contributed by atoms with E-state index in [9.17, 15) is 4.79 Å². The molecule has 1 N–H and O–H groups in total. The molecule has 1 amide bonds. The molecule has 0 atom stereocenters. The Morgan fingerprint density at radius 2 is 2.33 bits per heavy atom. The Morgan fingerprint density at radius 1 is 1.67 bits per heavy atom. The molecular formula is C8H15ClN2O. The van der Waals surface area contributed by atoms with E-state index in [2.05, 4.69) is 5.32 Å². The highest BCUT2D eigenvalue weighted by Gasteiger charge is 2.03. The van der Waals surface area contributed by atoms with Crippen LogP contribution in [0.4, 0.5) is 0 Å². The van der Waals surface area contributed by atoms with Gasteiger partial charge < -0.3 is 10.2 Å². The number of nitrogens with one attached hydrogen (secondary N) is 1. The van der Waals surface area contributed by atoms with Crippen molar-refractivity contribution >= 4 is 17.5 Å². The minimum absolute atomic E-state index is 0.0977. The second-order valence-electron chi connectivity index (χ2n) is 2.40. The van der Waals surface area contributed by atoms with Crippen molar-refractivity contribution in [2.45, 2.75) is 6.92 Å². The Hall–Kier alpha value is -0.540. The quantitative estimate of drug-likeness (QED) is 0.651. The second-order valence-corrected chi connectivity index (χ2v) is 2.65. The zero-order chi connectivity index (χ0) is 9.40. The topological polar surface area (TPSA) is 32.3 Å². The summed E-state index contributed by atoms with van der Waals surface area (Å²) in [4.78, 5) is 12.8. The summed E-state index contributed by atoms with van der Waals surface area (Å²) < 4.78 is 0. The van der Waals surface area contributed by atoms with Crippen LogP contribution in [-0.2, 0) is 4.79 Å². The molecule has 0 bridgehead atoms. The van der Waals surface area contributed by atoms with Gasteiger partial charge in [-0.2, -0.15) is 0 Å². The molecule has 0 unspecified atom stereocenters. The maximum Gasteiger partial charge on any atom is 0.236 e. The third-order valence-corrected chi connectivity index (χ3v) is 1.71. The van der Waals surface area contributed by atoms with Crippen molar-refractivity contribution in [3.05, 3.63) is 11.6 Å². The summed E-state index contributed by atoms with van der Waals surface area (Å²) in [6.45, 7) is 3.68. The van der Waals surface area contributed by atoms with E-state index in [-0.39, 0.29) is 5.91 Å². The van der Waals surface area contributed by atoms with Gasteiger partial charge in [0.05, 0.1) is 6.54 Å². The Morgan fingerprint density at radius 3 is 2.83 bits per heavy atom. The van der Waals surface area contributed by atoms with Crippen molar-refractivity contribution in [1.82, 2.24) is 10.2 Å². The molecule has 0 aliphatic rings. The van der Waals surface area contributed by atoms with Crippen LogP contribution in [0.2, 0.25) is 0 Å². The first-order chi connectivity index (χ1) is 5.72. The molecule has 0 fully saturated rings. The van der Waals surface area contributed by atoms with Crippen LogP contribution in [0.15, 0.2) is 11.6 Å². The van der Waals surface area contributed by atoms with Crippen LogP contribution < -0.4 is 5.32 Å². The fourth-order valence-electron chi connectivity index (χ4n) is 0.618. The molecule has 3 nitrogen and oxygen atoms in total. The van der Waals surface area contributed by atoms with E-state index >= 15 is 0 Å². The van der Waals surface area contributed by atoms with E-state index in [1.807, 2.05) is 6.92 Å². The molecule has 70 valence electrons. The standard InChI is InChI=1S/C8H15ClN2O/c1-3-11(2)8(12)7-10-6-4-5-9/h4-5,10H,3,6-7H2,1-2H3/b5-4+. The smallest absolute Gasteiger partial charge is 0.236 e. The molecule has 0 aromatic carbocycles. The number of hydrogen-bond donors (Lipinski definition) is 1. The van der Waals surface area contributed by atoms with Crippen molar-refractivity contribution in [3.63, 3.8) is 0 Å². The van der Waals surface area contributed by atoms with Gasteiger partial charge in [0.1, 0.15) is 0 Å². The first kappa shape index (κ1) is 11.5. The number of halogens is 1. The van der Waals surface area contributed by atoms with E-state index < -0.39 is 0 Å². The van der Waals surface area contributed by atoms with E-state index in [0.717, 1.165) is 6.54 Å². The van der Waals surface area contributed by atoms with Gasteiger partial charge in [-0.1, -0.05) is 17.7 Å². The van der Waals surface area contributed by atoms with E-state index in [4.69, 9.17) is 11.6 Å². The summed E-state index contributed by atoms with van der Waals surface area (Å²) in [5, 5.41) is 2.94. The molecule has 0 heterocycles. The number of carbonyl (C=O) groups excluding carboxylic acids is 1. The average molecular weight is 191 g/mol. The molecule has 0 aliphatic carbocycles. The molecule has 0 aromatic rings. The van der Waals surface area contributed by atoms with Gasteiger partial charge in [-0.3, -0.25) is 4.79 Å². The molecule has 0 saturated heterocycles. The summed E-state index contributed by atoms with van der Waals surface area (Å²) in [6, 6.07) is 0. The van der Waals surface area contributed by atoms with Crippen molar-refractivity contribution < 1.29 is 4.79 Å². The number of likely N-dealkylation sites (N-methyl/N-ethyl adjacent to an activating group) is 1. The summed E-state index contributed by atoms with van der Waals surface area (Å²) in [5.74, 6) is 0.0977. The van der Waals surface area contributed by atoms with E-state index in [1.54, 1.807) is 18.0 Å². The number of amides is 1. The monoisotopic (exact) mass is 190 g/mol. The predicted octanol–water partition coefficient (Wildman–Crippen LogP) is 0.807. The molecule has 0 spiro atoms. The summed E-state index contributed by atoms with van der Waals surface area (Å²) in [7, 11) is 1.78. The van der Waals surface area contributed by atoms with E-state index in [1.165, 1.54) is 5.54 Å². The maximum absolute atomic E-state index is 11.1. The van der Waals surface area contributed by atoms with Gasteiger partial charge in [0.25, 0.3) is 0 Å². The SMILES string of the molecule is CCN(C)C(=O)CNC/C=C/Cl. The van der Waals surface area contributed by atoms with Crippen molar-refractivity contribution in [2.75, 3.05) is 26.7 Å².